The van der Waals surface area contributed by atoms with Gasteiger partial charge in [-0.05, 0) is 73.7 Å². The number of halogens is 1. The van der Waals surface area contributed by atoms with Gasteiger partial charge in [-0.2, -0.15) is 20.3 Å². The number of nitrogens with two attached hydrogens (primary N) is 1. The van der Waals surface area contributed by atoms with Gasteiger partial charge in [-0.25, -0.2) is 4.39 Å². The van der Waals surface area contributed by atoms with E-state index in [1.54, 1.807) is 0 Å². The summed E-state index contributed by atoms with van der Waals surface area (Å²) >= 11 is 0. The number of nitrogens with zero attached hydrogens (tertiary/aromatic N) is 7. The molecule has 3 aliphatic heterocycles. The number of anilines is 2. The van der Waals surface area contributed by atoms with Crippen molar-refractivity contribution in [3.63, 3.8) is 0 Å². The molecule has 10 heteroatoms. The Morgan fingerprint density at radius 1 is 1.18 bits per heavy atom. The van der Waals surface area contributed by atoms with Gasteiger partial charge in [0.25, 0.3) is 0 Å². The fourth-order valence-electron chi connectivity index (χ4n) is 9.10. The van der Waals surface area contributed by atoms with Gasteiger partial charge in [0, 0.05) is 68.3 Å². The Bertz CT molecular complexity index is 1660. The first-order valence-electron chi connectivity index (χ1n) is 16.3. The SMILES string of the molecule is CC1CCC2(CCc3c(nc(OCC45CCCN4CC(F)C5)nc3N3CC(c4cnn(C)c4)C3)C2)c2c1ccc(N)c2C#N. The molecule has 0 radical (unpaired) electrons. The number of benzene rings is 1. The largest absolute Gasteiger partial charge is 0.461 e. The molecule has 0 amide bonds. The summed E-state index contributed by atoms with van der Waals surface area (Å²) in [7, 11) is 1.95. The third kappa shape index (κ3) is 4.30. The van der Waals surface area contributed by atoms with E-state index >= 15 is 0 Å². The fourth-order valence-corrected chi connectivity index (χ4v) is 9.10. The van der Waals surface area contributed by atoms with Crippen LogP contribution in [-0.4, -0.2) is 69.1 Å². The summed E-state index contributed by atoms with van der Waals surface area (Å²) in [4.78, 5) is 14.8. The quantitative estimate of drug-likeness (QED) is 0.428. The average molecular weight is 597 g/mol. The normalized spacial score (nSPS) is 29.6. The molecule has 2 aliphatic carbocycles. The molecule has 0 bridgehead atoms. The third-order valence-corrected chi connectivity index (χ3v) is 11.5. The molecular formula is C34H41FN8O. The number of hydrogen-bond acceptors (Lipinski definition) is 8. The Morgan fingerprint density at radius 3 is 2.84 bits per heavy atom. The number of nitriles is 1. The third-order valence-electron chi connectivity index (χ3n) is 11.5. The van der Waals surface area contributed by atoms with E-state index in [4.69, 9.17) is 20.4 Å². The van der Waals surface area contributed by atoms with Crippen molar-refractivity contribution in [1.29, 1.82) is 5.26 Å². The van der Waals surface area contributed by atoms with Crippen LogP contribution in [0.2, 0.25) is 0 Å². The van der Waals surface area contributed by atoms with E-state index in [0.29, 0.717) is 48.7 Å². The summed E-state index contributed by atoms with van der Waals surface area (Å²) in [6.07, 6.45) is 10.4. The lowest BCUT2D eigenvalue weighted by atomic mass is 9.59. The van der Waals surface area contributed by atoms with Crippen molar-refractivity contribution in [3.05, 3.63) is 58.0 Å². The van der Waals surface area contributed by atoms with Crippen LogP contribution in [0.1, 0.15) is 90.8 Å². The summed E-state index contributed by atoms with van der Waals surface area (Å²) in [5.41, 5.74) is 13.0. The molecule has 9 nitrogen and oxygen atoms in total. The van der Waals surface area contributed by atoms with Gasteiger partial charge in [-0.15, -0.1) is 0 Å². The number of nitrogen functional groups attached to an aromatic ring is 1. The first-order chi connectivity index (χ1) is 21.3. The van der Waals surface area contributed by atoms with Crippen LogP contribution in [-0.2, 0) is 25.3 Å². The van der Waals surface area contributed by atoms with Crippen molar-refractivity contribution >= 4 is 11.5 Å². The maximum absolute atomic E-state index is 14.5. The molecule has 0 saturated carbocycles. The number of alkyl halides is 1. The van der Waals surface area contributed by atoms with Crippen molar-refractivity contribution in [2.45, 2.75) is 87.3 Å². The summed E-state index contributed by atoms with van der Waals surface area (Å²) in [5.74, 6) is 1.76. The van der Waals surface area contributed by atoms with Gasteiger partial charge < -0.3 is 15.4 Å². The fraction of sp³-hybridized carbons (Fsp3) is 0.588. The van der Waals surface area contributed by atoms with Crippen molar-refractivity contribution < 1.29 is 9.13 Å². The van der Waals surface area contributed by atoms with Gasteiger partial charge in [0.15, 0.2) is 0 Å². The molecule has 230 valence electrons. The maximum Gasteiger partial charge on any atom is 0.318 e. The van der Waals surface area contributed by atoms with Crippen molar-refractivity contribution in [2.24, 2.45) is 7.05 Å². The molecule has 8 rings (SSSR count). The summed E-state index contributed by atoms with van der Waals surface area (Å²) < 4.78 is 22.8. The lowest BCUT2D eigenvalue weighted by Crippen LogP contribution is -2.47. The van der Waals surface area contributed by atoms with E-state index < -0.39 is 6.17 Å². The second-order valence-electron chi connectivity index (χ2n) is 14.2. The molecule has 1 spiro atoms. The smallest absolute Gasteiger partial charge is 0.318 e. The summed E-state index contributed by atoms with van der Waals surface area (Å²) in [6.45, 7) is 5.82. The highest BCUT2D eigenvalue weighted by Crippen LogP contribution is 2.53. The summed E-state index contributed by atoms with van der Waals surface area (Å²) in [6, 6.07) is 6.89. The second kappa shape index (κ2) is 10.2. The summed E-state index contributed by atoms with van der Waals surface area (Å²) in [5, 5.41) is 14.6. The van der Waals surface area contributed by atoms with Gasteiger partial charge in [0.1, 0.15) is 24.7 Å². The predicted octanol–water partition coefficient (Wildman–Crippen LogP) is 4.55. The average Bonchev–Trinajstić information content (AvgIpc) is 3.66. The van der Waals surface area contributed by atoms with Crippen molar-refractivity contribution in [2.75, 3.05) is 43.4 Å². The molecule has 4 unspecified atom stereocenters. The van der Waals surface area contributed by atoms with E-state index in [0.717, 1.165) is 81.7 Å². The maximum atomic E-state index is 14.5. The second-order valence-corrected chi connectivity index (χ2v) is 14.2. The minimum atomic E-state index is -0.806. The van der Waals surface area contributed by atoms with E-state index in [9.17, 15) is 9.65 Å². The minimum Gasteiger partial charge on any atom is -0.461 e. The Balaban J connectivity index is 1.15. The monoisotopic (exact) mass is 596 g/mol. The zero-order chi connectivity index (χ0) is 30.2. The molecule has 44 heavy (non-hydrogen) atoms. The van der Waals surface area contributed by atoms with E-state index in [2.05, 4.69) is 40.2 Å². The van der Waals surface area contributed by atoms with Crippen LogP contribution in [0, 0.1) is 11.3 Å². The van der Waals surface area contributed by atoms with Crippen molar-refractivity contribution in [3.8, 4) is 12.1 Å². The van der Waals surface area contributed by atoms with Crippen LogP contribution in [0.25, 0.3) is 0 Å². The van der Waals surface area contributed by atoms with E-state index in [1.807, 2.05) is 24.0 Å². The lowest BCUT2D eigenvalue weighted by Gasteiger charge is -2.46. The Labute approximate surface area is 258 Å². The number of rotatable bonds is 5. The molecule has 5 aliphatic rings. The molecule has 3 saturated heterocycles. The molecule has 3 fully saturated rings. The number of ether oxygens (including phenoxy) is 1. The molecule has 1 aromatic carbocycles. The number of fused-ring (bicyclic) bond motifs is 4. The van der Waals surface area contributed by atoms with Crippen LogP contribution >= 0.6 is 0 Å². The molecule has 3 aromatic rings. The standard InChI is InChI=1S/C34H41FN8O/c1-21-6-9-33(30-25(21)4-5-28(37)27(30)14-36)10-7-26-29(13-33)39-32(44-20-34-8-3-11-43(34)19-24(35)12-34)40-31(26)42-17-23(18-42)22-15-38-41(2)16-22/h4-5,15-16,21,23-24H,3,6-13,17-20,37H2,1-2H3. The first-order valence-corrected chi connectivity index (χ1v) is 16.3. The van der Waals surface area contributed by atoms with E-state index in [1.165, 1.54) is 16.7 Å². The molecule has 5 heterocycles. The molecule has 2 aromatic heterocycles. The highest BCUT2D eigenvalue weighted by Gasteiger charge is 2.50. The molecule has 4 atom stereocenters. The minimum absolute atomic E-state index is 0.195. The molecule has 2 N–H and O–H groups in total. The van der Waals surface area contributed by atoms with Crippen LogP contribution in [0.3, 0.4) is 0 Å². The van der Waals surface area contributed by atoms with E-state index in [-0.39, 0.29) is 11.0 Å². The van der Waals surface area contributed by atoms with Crippen LogP contribution in [0.15, 0.2) is 24.5 Å². The van der Waals surface area contributed by atoms with Gasteiger partial charge >= 0.3 is 6.01 Å². The van der Waals surface area contributed by atoms with Crippen LogP contribution < -0.4 is 15.4 Å². The van der Waals surface area contributed by atoms with Gasteiger partial charge in [-0.1, -0.05) is 13.0 Å². The Hall–Kier alpha value is -3.71. The Kier molecular flexibility index (Phi) is 6.42. The van der Waals surface area contributed by atoms with Crippen LogP contribution in [0.5, 0.6) is 6.01 Å². The predicted molar refractivity (Wildman–Crippen MR) is 166 cm³/mol. The topological polar surface area (TPSA) is 109 Å². The van der Waals surface area contributed by atoms with Crippen LogP contribution in [0.4, 0.5) is 15.9 Å². The zero-order valence-corrected chi connectivity index (χ0v) is 25.7. The highest BCUT2D eigenvalue weighted by molar-refractivity contribution is 5.65. The Morgan fingerprint density at radius 2 is 2.05 bits per heavy atom. The number of hydrogen-bond donors (Lipinski definition) is 1. The van der Waals surface area contributed by atoms with Gasteiger partial charge in [0.2, 0.25) is 0 Å². The first kappa shape index (κ1) is 27.8. The number of aryl methyl sites for hydroxylation is 1. The highest BCUT2D eigenvalue weighted by atomic mass is 19.1. The lowest BCUT2D eigenvalue weighted by molar-refractivity contribution is 0.107. The van der Waals surface area contributed by atoms with Gasteiger partial charge in [-0.3, -0.25) is 9.58 Å². The number of aromatic nitrogens is 4. The van der Waals surface area contributed by atoms with Gasteiger partial charge in [0.05, 0.1) is 23.0 Å². The zero-order valence-electron chi connectivity index (χ0n) is 25.7. The van der Waals surface area contributed by atoms with Crippen molar-refractivity contribution in [1.82, 2.24) is 24.6 Å². The molecular weight excluding hydrogens is 555 g/mol.